The number of carbonyl (C=O) groups excluding carboxylic acids is 1. The van der Waals surface area contributed by atoms with Gasteiger partial charge in [-0.2, -0.15) is 0 Å². The zero-order valence-electron chi connectivity index (χ0n) is 12.8. The number of unbranched alkanes of at least 4 members (excludes halogenated alkanes) is 1. The summed E-state index contributed by atoms with van der Waals surface area (Å²) in [5, 5.41) is 2.97. The molecule has 1 saturated carbocycles. The van der Waals surface area contributed by atoms with Crippen LogP contribution >= 0.6 is 12.4 Å². The highest BCUT2D eigenvalue weighted by molar-refractivity contribution is 5.95. The maximum absolute atomic E-state index is 12.3. The molecule has 0 bridgehead atoms. The molecule has 1 aliphatic rings. The number of benzene rings is 1. The second-order valence-electron chi connectivity index (χ2n) is 5.94. The van der Waals surface area contributed by atoms with Gasteiger partial charge in [0.05, 0.1) is 11.4 Å². The van der Waals surface area contributed by atoms with E-state index in [9.17, 15) is 4.79 Å². The van der Waals surface area contributed by atoms with Gasteiger partial charge in [-0.3, -0.25) is 4.79 Å². The van der Waals surface area contributed by atoms with Crippen molar-refractivity contribution in [3.05, 3.63) is 24.3 Å². The molecule has 2 rings (SSSR count). The second kappa shape index (κ2) is 8.93. The third-order valence-electron chi connectivity index (χ3n) is 4.40. The van der Waals surface area contributed by atoms with Gasteiger partial charge in [-0.1, -0.05) is 38.3 Å². The van der Waals surface area contributed by atoms with Crippen LogP contribution in [-0.4, -0.2) is 5.91 Å². The van der Waals surface area contributed by atoms with E-state index in [0.717, 1.165) is 24.4 Å². The molecule has 3 N–H and O–H groups in total. The molecule has 0 atom stereocenters. The lowest BCUT2D eigenvalue weighted by Gasteiger charge is -2.27. The highest BCUT2D eigenvalue weighted by Crippen LogP contribution is 2.32. The van der Waals surface area contributed by atoms with Crippen molar-refractivity contribution >= 4 is 29.7 Å². The summed E-state index contributed by atoms with van der Waals surface area (Å²) >= 11 is 0. The minimum absolute atomic E-state index is 0. The molecule has 0 heterocycles. The van der Waals surface area contributed by atoms with Crippen LogP contribution in [0.4, 0.5) is 11.4 Å². The lowest BCUT2D eigenvalue weighted by atomic mass is 9.79. The van der Waals surface area contributed by atoms with Crippen molar-refractivity contribution in [3.63, 3.8) is 0 Å². The summed E-state index contributed by atoms with van der Waals surface area (Å²) in [6, 6.07) is 7.45. The Bertz CT molecular complexity index is 442. The summed E-state index contributed by atoms with van der Waals surface area (Å²) in [5.74, 6) is 1.13. The van der Waals surface area contributed by atoms with E-state index in [1.54, 1.807) is 0 Å². The van der Waals surface area contributed by atoms with Crippen molar-refractivity contribution in [2.75, 3.05) is 11.1 Å². The van der Waals surface area contributed by atoms with Crippen LogP contribution < -0.4 is 11.1 Å². The number of nitrogens with two attached hydrogens (primary N) is 1. The first kappa shape index (κ1) is 17.8. The number of para-hydroxylation sites is 2. The Morgan fingerprint density at radius 1 is 1.24 bits per heavy atom. The van der Waals surface area contributed by atoms with Gasteiger partial charge in [0.25, 0.3) is 0 Å². The van der Waals surface area contributed by atoms with Crippen molar-refractivity contribution in [2.24, 2.45) is 11.8 Å². The zero-order chi connectivity index (χ0) is 14.4. The van der Waals surface area contributed by atoms with Crippen LogP contribution in [0.2, 0.25) is 0 Å². The fourth-order valence-corrected chi connectivity index (χ4v) is 3.05. The number of nitrogens with one attached hydrogen (secondary N) is 1. The van der Waals surface area contributed by atoms with Crippen LogP contribution in [0.15, 0.2) is 24.3 Å². The molecule has 0 radical (unpaired) electrons. The van der Waals surface area contributed by atoms with E-state index in [2.05, 4.69) is 12.2 Å². The SMILES string of the molecule is CCCCC1CCC(C(=O)Nc2ccccc2N)CC1.Cl. The smallest absolute Gasteiger partial charge is 0.227 e. The third kappa shape index (κ3) is 5.24. The van der Waals surface area contributed by atoms with Crippen LogP contribution in [0.25, 0.3) is 0 Å². The molecule has 0 saturated heterocycles. The van der Waals surface area contributed by atoms with Crippen molar-refractivity contribution in [2.45, 2.75) is 51.9 Å². The number of hydrogen-bond donors (Lipinski definition) is 2. The number of rotatable bonds is 5. The van der Waals surface area contributed by atoms with E-state index >= 15 is 0 Å². The van der Waals surface area contributed by atoms with Gasteiger partial charge >= 0.3 is 0 Å². The van der Waals surface area contributed by atoms with Crippen molar-refractivity contribution in [1.29, 1.82) is 0 Å². The van der Waals surface area contributed by atoms with Crippen LogP contribution in [0.3, 0.4) is 0 Å². The maximum atomic E-state index is 12.3. The van der Waals surface area contributed by atoms with Crippen LogP contribution in [0.1, 0.15) is 51.9 Å². The maximum Gasteiger partial charge on any atom is 0.227 e. The molecule has 1 aromatic carbocycles. The first-order chi connectivity index (χ1) is 9.70. The summed E-state index contributed by atoms with van der Waals surface area (Å²) in [6.45, 7) is 2.24. The normalized spacial score (nSPS) is 21.4. The fraction of sp³-hybridized carbons (Fsp3) is 0.588. The third-order valence-corrected chi connectivity index (χ3v) is 4.40. The molecule has 1 amide bonds. The summed E-state index contributed by atoms with van der Waals surface area (Å²) in [5.41, 5.74) is 7.24. The Hall–Kier alpha value is -1.22. The molecule has 0 aromatic heterocycles. The quantitative estimate of drug-likeness (QED) is 0.779. The molecule has 1 aliphatic carbocycles. The van der Waals surface area contributed by atoms with Gasteiger partial charge < -0.3 is 11.1 Å². The van der Waals surface area contributed by atoms with Crippen molar-refractivity contribution in [3.8, 4) is 0 Å². The average molecular weight is 311 g/mol. The molecule has 0 aliphatic heterocycles. The van der Waals surface area contributed by atoms with Gasteiger partial charge in [0, 0.05) is 5.92 Å². The fourth-order valence-electron chi connectivity index (χ4n) is 3.05. The highest BCUT2D eigenvalue weighted by Gasteiger charge is 2.26. The standard InChI is InChI=1S/C17H26N2O.ClH/c1-2-3-6-13-9-11-14(12-10-13)17(20)19-16-8-5-4-7-15(16)18;/h4-5,7-8,13-14H,2-3,6,9-12,18H2,1H3,(H,19,20);1H. The lowest BCUT2D eigenvalue weighted by molar-refractivity contribution is -0.121. The van der Waals surface area contributed by atoms with Gasteiger partial charge in [-0.25, -0.2) is 0 Å². The average Bonchev–Trinajstić information content (AvgIpc) is 2.48. The number of halogens is 1. The van der Waals surface area contributed by atoms with E-state index in [0.29, 0.717) is 5.69 Å². The largest absolute Gasteiger partial charge is 0.397 e. The number of hydrogen-bond acceptors (Lipinski definition) is 2. The molecule has 118 valence electrons. The topological polar surface area (TPSA) is 55.1 Å². The Kier molecular flexibility index (Phi) is 7.58. The Morgan fingerprint density at radius 3 is 2.52 bits per heavy atom. The van der Waals surface area contributed by atoms with Gasteiger partial charge in [0.15, 0.2) is 0 Å². The number of anilines is 2. The van der Waals surface area contributed by atoms with E-state index in [-0.39, 0.29) is 24.2 Å². The van der Waals surface area contributed by atoms with Crippen LogP contribution in [0.5, 0.6) is 0 Å². The monoisotopic (exact) mass is 310 g/mol. The molecule has 0 spiro atoms. The predicted molar refractivity (Wildman–Crippen MR) is 91.7 cm³/mol. The minimum Gasteiger partial charge on any atom is -0.397 e. The van der Waals surface area contributed by atoms with E-state index in [4.69, 9.17) is 5.73 Å². The zero-order valence-corrected chi connectivity index (χ0v) is 13.6. The van der Waals surface area contributed by atoms with Crippen molar-refractivity contribution in [1.82, 2.24) is 0 Å². The summed E-state index contributed by atoms with van der Waals surface area (Å²) < 4.78 is 0. The van der Waals surface area contributed by atoms with Gasteiger partial charge in [0.1, 0.15) is 0 Å². The first-order valence-corrected chi connectivity index (χ1v) is 7.86. The van der Waals surface area contributed by atoms with Crippen molar-refractivity contribution < 1.29 is 4.79 Å². The van der Waals surface area contributed by atoms with Crippen LogP contribution in [-0.2, 0) is 4.79 Å². The molecule has 21 heavy (non-hydrogen) atoms. The molecule has 4 heteroatoms. The summed E-state index contributed by atoms with van der Waals surface area (Å²) in [6.07, 6.45) is 8.36. The summed E-state index contributed by atoms with van der Waals surface area (Å²) in [4.78, 5) is 12.3. The Labute approximate surface area is 134 Å². The summed E-state index contributed by atoms with van der Waals surface area (Å²) in [7, 11) is 0. The number of nitrogen functional groups attached to an aromatic ring is 1. The highest BCUT2D eigenvalue weighted by atomic mass is 35.5. The molecule has 0 unspecified atom stereocenters. The predicted octanol–water partition coefficient (Wildman–Crippen LogP) is 4.63. The molecule has 1 aromatic rings. The molecule has 1 fully saturated rings. The van der Waals surface area contributed by atoms with E-state index in [1.165, 1.54) is 32.1 Å². The molecular formula is C17H27ClN2O. The minimum atomic E-state index is 0. The second-order valence-corrected chi connectivity index (χ2v) is 5.94. The Morgan fingerprint density at radius 2 is 1.90 bits per heavy atom. The van der Waals surface area contributed by atoms with E-state index < -0.39 is 0 Å². The van der Waals surface area contributed by atoms with Gasteiger partial charge in [-0.05, 0) is 43.7 Å². The Balaban J connectivity index is 0.00000220. The molecular weight excluding hydrogens is 284 g/mol. The molecule has 3 nitrogen and oxygen atoms in total. The van der Waals surface area contributed by atoms with Crippen LogP contribution in [0, 0.1) is 11.8 Å². The number of carbonyl (C=O) groups is 1. The van der Waals surface area contributed by atoms with Gasteiger partial charge in [-0.15, -0.1) is 12.4 Å². The number of amides is 1. The van der Waals surface area contributed by atoms with Gasteiger partial charge in [0.2, 0.25) is 5.91 Å². The van der Waals surface area contributed by atoms with E-state index in [1.807, 2.05) is 24.3 Å². The first-order valence-electron chi connectivity index (χ1n) is 7.86. The lowest BCUT2D eigenvalue weighted by Crippen LogP contribution is -2.27.